The molecular weight excluding hydrogens is 342 g/mol. The number of ketones is 1. The van der Waals surface area contributed by atoms with Crippen LogP contribution in [-0.4, -0.2) is 41.7 Å². The van der Waals surface area contributed by atoms with Crippen molar-refractivity contribution in [3.8, 4) is 0 Å². The standard InChI is InChI=1S/C18H14ClN3O3/c1-21(2)18(25)22-14-7-3-6-13(19)16(14)12(17(22)24)9-15(23)11-5-4-8-20-10-11/h3-10H,1-2H3/b12-9+. The zero-order valence-electron chi connectivity index (χ0n) is 13.6. The van der Waals surface area contributed by atoms with Gasteiger partial charge in [0.15, 0.2) is 5.78 Å². The lowest BCUT2D eigenvalue weighted by molar-refractivity contribution is -0.112. The van der Waals surface area contributed by atoms with Crippen molar-refractivity contribution in [3.05, 3.63) is 65.0 Å². The molecule has 1 aromatic heterocycles. The van der Waals surface area contributed by atoms with E-state index >= 15 is 0 Å². The molecule has 0 fully saturated rings. The summed E-state index contributed by atoms with van der Waals surface area (Å²) in [5, 5.41) is 0.296. The first-order chi connectivity index (χ1) is 11.9. The maximum atomic E-state index is 12.8. The van der Waals surface area contributed by atoms with Gasteiger partial charge in [0.25, 0.3) is 5.91 Å². The smallest absolute Gasteiger partial charge is 0.330 e. The number of halogens is 1. The monoisotopic (exact) mass is 355 g/mol. The lowest BCUT2D eigenvalue weighted by Gasteiger charge is -2.19. The second-order valence-electron chi connectivity index (χ2n) is 5.62. The van der Waals surface area contributed by atoms with E-state index in [1.54, 1.807) is 50.6 Å². The quantitative estimate of drug-likeness (QED) is 0.613. The van der Waals surface area contributed by atoms with Crippen molar-refractivity contribution in [2.24, 2.45) is 0 Å². The third-order valence-corrected chi connectivity index (χ3v) is 4.05. The van der Waals surface area contributed by atoms with E-state index in [1.165, 1.54) is 17.2 Å². The van der Waals surface area contributed by atoms with Gasteiger partial charge in [0.05, 0.1) is 16.3 Å². The van der Waals surface area contributed by atoms with E-state index in [4.69, 9.17) is 11.6 Å². The van der Waals surface area contributed by atoms with E-state index in [0.717, 1.165) is 4.90 Å². The molecule has 0 spiro atoms. The molecule has 0 radical (unpaired) electrons. The number of imide groups is 1. The van der Waals surface area contributed by atoms with Crippen molar-refractivity contribution in [2.45, 2.75) is 0 Å². The molecule has 0 saturated heterocycles. The van der Waals surface area contributed by atoms with Gasteiger partial charge in [-0.05, 0) is 30.3 Å². The summed E-state index contributed by atoms with van der Waals surface area (Å²) in [6.45, 7) is 0. The highest BCUT2D eigenvalue weighted by Crippen LogP contribution is 2.41. The van der Waals surface area contributed by atoms with Crippen LogP contribution >= 0.6 is 11.6 Å². The molecule has 0 N–H and O–H groups in total. The van der Waals surface area contributed by atoms with Crippen LogP contribution < -0.4 is 4.90 Å². The summed E-state index contributed by atoms with van der Waals surface area (Å²) in [7, 11) is 3.09. The molecule has 126 valence electrons. The predicted octanol–water partition coefficient (Wildman–Crippen LogP) is 3.03. The third kappa shape index (κ3) is 2.92. The van der Waals surface area contributed by atoms with Crippen LogP contribution in [0.25, 0.3) is 5.57 Å². The van der Waals surface area contributed by atoms with Crippen molar-refractivity contribution < 1.29 is 14.4 Å². The molecular formula is C18H14ClN3O3. The Balaban J connectivity index is 2.13. The fourth-order valence-corrected chi connectivity index (χ4v) is 2.82. The molecule has 25 heavy (non-hydrogen) atoms. The maximum Gasteiger partial charge on any atom is 0.331 e. The molecule has 2 aromatic rings. The van der Waals surface area contributed by atoms with Crippen LogP contribution in [-0.2, 0) is 4.79 Å². The van der Waals surface area contributed by atoms with Gasteiger partial charge in [-0.1, -0.05) is 17.7 Å². The molecule has 3 rings (SSSR count). The average Bonchev–Trinajstić information content (AvgIpc) is 2.88. The molecule has 1 aliphatic heterocycles. The molecule has 0 atom stereocenters. The largest absolute Gasteiger partial charge is 0.331 e. The van der Waals surface area contributed by atoms with Gasteiger partial charge in [-0.15, -0.1) is 0 Å². The molecule has 0 unspecified atom stereocenters. The molecule has 1 aliphatic rings. The molecule has 7 heteroatoms. The number of fused-ring (bicyclic) bond motifs is 1. The number of carbonyl (C=O) groups excluding carboxylic acids is 3. The summed E-state index contributed by atoms with van der Waals surface area (Å²) in [6, 6.07) is 7.60. The Hall–Kier alpha value is -2.99. The van der Waals surface area contributed by atoms with Gasteiger partial charge in [0.2, 0.25) is 0 Å². The number of rotatable bonds is 2. The second kappa shape index (κ2) is 6.49. The number of benzene rings is 1. The Bertz CT molecular complexity index is 907. The summed E-state index contributed by atoms with van der Waals surface area (Å²) in [4.78, 5) is 43.9. The van der Waals surface area contributed by atoms with Gasteiger partial charge in [0, 0.05) is 37.6 Å². The summed E-state index contributed by atoms with van der Waals surface area (Å²) >= 11 is 6.24. The molecule has 6 nitrogen and oxygen atoms in total. The summed E-state index contributed by atoms with van der Waals surface area (Å²) in [6.07, 6.45) is 4.16. The normalized spacial score (nSPS) is 14.6. The number of anilines is 1. The summed E-state index contributed by atoms with van der Waals surface area (Å²) in [5.41, 5.74) is 1.17. The minimum absolute atomic E-state index is 0.0876. The fourth-order valence-electron chi connectivity index (χ4n) is 2.55. The number of carbonyl (C=O) groups is 3. The van der Waals surface area contributed by atoms with Crippen LogP contribution in [0.2, 0.25) is 5.02 Å². The first kappa shape index (κ1) is 16.9. The van der Waals surface area contributed by atoms with Crippen molar-refractivity contribution in [1.29, 1.82) is 0 Å². The number of allylic oxidation sites excluding steroid dienone is 1. The number of amides is 3. The van der Waals surface area contributed by atoms with E-state index in [0.29, 0.717) is 21.8 Å². The third-order valence-electron chi connectivity index (χ3n) is 3.73. The Morgan fingerprint density at radius 1 is 1.20 bits per heavy atom. The average molecular weight is 356 g/mol. The number of aromatic nitrogens is 1. The first-order valence-electron chi connectivity index (χ1n) is 7.42. The zero-order valence-corrected chi connectivity index (χ0v) is 14.3. The van der Waals surface area contributed by atoms with E-state index < -0.39 is 11.9 Å². The molecule has 1 aromatic carbocycles. The lowest BCUT2D eigenvalue weighted by Crippen LogP contribution is -2.41. The minimum atomic E-state index is -0.584. The van der Waals surface area contributed by atoms with E-state index in [9.17, 15) is 14.4 Å². The number of pyridine rings is 1. The lowest BCUT2D eigenvalue weighted by atomic mass is 10.0. The van der Waals surface area contributed by atoms with Gasteiger partial charge < -0.3 is 4.90 Å². The number of urea groups is 1. The Morgan fingerprint density at radius 3 is 2.60 bits per heavy atom. The van der Waals surface area contributed by atoms with Gasteiger partial charge in [-0.25, -0.2) is 9.69 Å². The number of hydrogen-bond donors (Lipinski definition) is 0. The van der Waals surface area contributed by atoms with Crippen molar-refractivity contribution in [1.82, 2.24) is 9.88 Å². The van der Waals surface area contributed by atoms with Crippen molar-refractivity contribution in [3.63, 3.8) is 0 Å². The summed E-state index contributed by atoms with van der Waals surface area (Å²) in [5.74, 6) is -0.972. The van der Waals surface area contributed by atoms with Gasteiger partial charge >= 0.3 is 6.03 Å². The topological polar surface area (TPSA) is 70.6 Å². The molecule has 3 amide bonds. The molecule has 2 heterocycles. The van der Waals surface area contributed by atoms with Gasteiger partial charge in [-0.3, -0.25) is 14.6 Å². The Morgan fingerprint density at radius 2 is 1.96 bits per heavy atom. The zero-order chi connectivity index (χ0) is 18.1. The van der Waals surface area contributed by atoms with E-state index in [2.05, 4.69) is 4.98 Å². The SMILES string of the molecule is CN(C)C(=O)N1C(=O)/C(=C/C(=O)c2cccnc2)c2c(Cl)cccc21. The maximum absolute atomic E-state index is 12.8. The van der Waals surface area contributed by atoms with Gasteiger partial charge in [-0.2, -0.15) is 0 Å². The van der Waals surface area contributed by atoms with Crippen molar-refractivity contribution >= 4 is 40.6 Å². The molecule has 0 bridgehead atoms. The Labute approximate surface area is 149 Å². The van der Waals surface area contributed by atoms with Gasteiger partial charge in [0.1, 0.15) is 0 Å². The highest BCUT2D eigenvalue weighted by molar-refractivity contribution is 6.45. The first-order valence-corrected chi connectivity index (χ1v) is 7.80. The van der Waals surface area contributed by atoms with Crippen molar-refractivity contribution in [2.75, 3.05) is 19.0 Å². The van der Waals surface area contributed by atoms with Crippen LogP contribution in [0.4, 0.5) is 10.5 Å². The number of nitrogens with zero attached hydrogens (tertiary/aromatic N) is 3. The molecule has 0 saturated carbocycles. The van der Waals surface area contributed by atoms with Crippen LogP contribution in [0, 0.1) is 0 Å². The van der Waals surface area contributed by atoms with E-state index in [-0.39, 0.29) is 11.4 Å². The second-order valence-corrected chi connectivity index (χ2v) is 6.02. The van der Waals surface area contributed by atoms with E-state index in [1.807, 2.05) is 0 Å². The highest BCUT2D eigenvalue weighted by Gasteiger charge is 2.39. The van der Waals surface area contributed by atoms with Crippen LogP contribution in [0.3, 0.4) is 0 Å². The number of hydrogen-bond acceptors (Lipinski definition) is 4. The van der Waals surface area contributed by atoms with Crippen LogP contribution in [0.1, 0.15) is 15.9 Å². The Kier molecular flexibility index (Phi) is 4.37. The fraction of sp³-hybridized carbons (Fsp3) is 0.111. The minimum Gasteiger partial charge on any atom is -0.330 e. The predicted molar refractivity (Wildman–Crippen MR) is 94.6 cm³/mol. The van der Waals surface area contributed by atoms with Crippen LogP contribution in [0.15, 0.2) is 48.8 Å². The van der Waals surface area contributed by atoms with Crippen LogP contribution in [0.5, 0.6) is 0 Å². The molecule has 0 aliphatic carbocycles. The summed E-state index contributed by atoms with van der Waals surface area (Å²) < 4.78 is 0. The highest BCUT2D eigenvalue weighted by atomic mass is 35.5.